The van der Waals surface area contributed by atoms with Crippen molar-refractivity contribution in [1.29, 1.82) is 0 Å². The van der Waals surface area contributed by atoms with Crippen molar-refractivity contribution < 1.29 is 0 Å². The second-order valence-electron chi connectivity index (χ2n) is 4.57. The fraction of sp³-hybridized carbons (Fsp3) is 0.467. The number of nitrogens with zero attached hydrogens (tertiary/aromatic N) is 1. The van der Waals surface area contributed by atoms with Crippen LogP contribution in [0.2, 0.25) is 0 Å². The van der Waals surface area contributed by atoms with Crippen LogP contribution in [0.25, 0.3) is 0 Å². The Hall–Kier alpha value is -0.800. The first kappa shape index (κ1) is 15.3. The highest BCUT2D eigenvalue weighted by Crippen LogP contribution is 2.28. The van der Waals surface area contributed by atoms with Gasteiger partial charge in [0.15, 0.2) is 0 Å². The molecule has 1 atom stereocenters. The van der Waals surface area contributed by atoms with E-state index in [0.29, 0.717) is 6.04 Å². The molecule has 0 saturated heterocycles. The topological polar surface area (TPSA) is 15.3 Å². The largest absolute Gasteiger partial charge is 0.374 e. The van der Waals surface area contributed by atoms with Gasteiger partial charge in [0.1, 0.15) is 0 Å². The molecule has 1 rings (SSSR count). The maximum Gasteiger partial charge on any atom is 0.0508 e. The third-order valence-corrected chi connectivity index (χ3v) is 3.85. The van der Waals surface area contributed by atoms with Gasteiger partial charge in [0.25, 0.3) is 0 Å². The second-order valence-corrected chi connectivity index (χ2v) is 5.43. The predicted octanol–water partition coefficient (Wildman–Crippen LogP) is 4.13. The van der Waals surface area contributed by atoms with Gasteiger partial charge in [0.05, 0.1) is 5.69 Å². The summed E-state index contributed by atoms with van der Waals surface area (Å²) in [6.45, 7) is 6.96. The summed E-state index contributed by atoms with van der Waals surface area (Å²) in [6, 6.07) is 6.94. The van der Waals surface area contributed by atoms with E-state index in [0.717, 1.165) is 23.9 Å². The van der Waals surface area contributed by atoms with Gasteiger partial charge in [-0.05, 0) is 60.4 Å². The minimum absolute atomic E-state index is 0.376. The van der Waals surface area contributed by atoms with Crippen molar-refractivity contribution in [2.75, 3.05) is 25.5 Å². The SMILES string of the molecule is C=CCCCN(C)c1ccc(C(C)NC)cc1Br. The normalized spacial score (nSPS) is 12.2. The highest BCUT2D eigenvalue weighted by Gasteiger charge is 2.09. The molecule has 0 aromatic heterocycles. The van der Waals surface area contributed by atoms with Gasteiger partial charge >= 0.3 is 0 Å². The molecule has 0 aliphatic heterocycles. The molecule has 1 aromatic carbocycles. The third kappa shape index (κ3) is 4.14. The van der Waals surface area contributed by atoms with Gasteiger partial charge in [-0.3, -0.25) is 0 Å². The van der Waals surface area contributed by atoms with Crippen LogP contribution in [0, 0.1) is 0 Å². The summed E-state index contributed by atoms with van der Waals surface area (Å²) in [5.74, 6) is 0. The molecule has 0 amide bonds. The van der Waals surface area contributed by atoms with Crippen molar-refractivity contribution in [3.05, 3.63) is 40.9 Å². The Morgan fingerprint density at radius 3 is 2.78 bits per heavy atom. The first-order chi connectivity index (χ1) is 8.60. The van der Waals surface area contributed by atoms with E-state index in [-0.39, 0.29) is 0 Å². The molecule has 1 aromatic rings. The van der Waals surface area contributed by atoms with Crippen molar-refractivity contribution in [3.63, 3.8) is 0 Å². The van der Waals surface area contributed by atoms with Crippen LogP contribution in [0.1, 0.15) is 31.4 Å². The van der Waals surface area contributed by atoms with E-state index in [1.807, 2.05) is 13.1 Å². The van der Waals surface area contributed by atoms with Crippen LogP contribution in [-0.4, -0.2) is 20.6 Å². The van der Waals surface area contributed by atoms with Crippen LogP contribution in [0.5, 0.6) is 0 Å². The Balaban J connectivity index is 2.75. The summed E-state index contributed by atoms with van der Waals surface area (Å²) in [5, 5.41) is 3.25. The standard InChI is InChI=1S/C15H23BrN2/c1-5-6-7-10-18(4)15-9-8-13(11-14(15)16)12(2)17-3/h5,8-9,11-12,17H,1,6-7,10H2,2-4H3. The molecule has 100 valence electrons. The summed E-state index contributed by atoms with van der Waals surface area (Å²) < 4.78 is 1.16. The fourth-order valence-electron chi connectivity index (χ4n) is 1.86. The minimum Gasteiger partial charge on any atom is -0.374 e. The number of allylic oxidation sites excluding steroid dienone is 1. The average molecular weight is 311 g/mol. The van der Waals surface area contributed by atoms with Crippen LogP contribution in [0.4, 0.5) is 5.69 Å². The van der Waals surface area contributed by atoms with E-state index in [9.17, 15) is 0 Å². The maximum atomic E-state index is 3.75. The van der Waals surface area contributed by atoms with E-state index in [1.54, 1.807) is 0 Å². The summed E-state index contributed by atoms with van der Waals surface area (Å²) in [7, 11) is 4.11. The van der Waals surface area contributed by atoms with Crippen molar-refractivity contribution in [2.24, 2.45) is 0 Å². The van der Waals surface area contributed by atoms with E-state index >= 15 is 0 Å². The Kier molecular flexibility index (Phi) is 6.44. The number of benzene rings is 1. The quantitative estimate of drug-likeness (QED) is 0.601. The van der Waals surface area contributed by atoms with Crippen LogP contribution >= 0.6 is 15.9 Å². The fourth-order valence-corrected chi connectivity index (χ4v) is 2.56. The molecule has 0 heterocycles. The zero-order chi connectivity index (χ0) is 13.5. The highest BCUT2D eigenvalue weighted by molar-refractivity contribution is 9.10. The average Bonchev–Trinajstić information content (AvgIpc) is 2.37. The van der Waals surface area contributed by atoms with E-state index in [4.69, 9.17) is 0 Å². The molecule has 0 radical (unpaired) electrons. The Bertz CT molecular complexity index is 390. The zero-order valence-corrected chi connectivity index (χ0v) is 13.1. The van der Waals surface area contributed by atoms with E-state index in [1.165, 1.54) is 11.3 Å². The number of anilines is 1. The maximum absolute atomic E-state index is 3.75. The van der Waals surface area contributed by atoms with Gasteiger partial charge in [-0.1, -0.05) is 12.1 Å². The molecular formula is C15H23BrN2. The van der Waals surface area contributed by atoms with Crippen LogP contribution in [0.3, 0.4) is 0 Å². The van der Waals surface area contributed by atoms with Gasteiger partial charge in [-0.25, -0.2) is 0 Å². The Morgan fingerprint density at radius 2 is 2.22 bits per heavy atom. The zero-order valence-electron chi connectivity index (χ0n) is 11.5. The summed E-state index contributed by atoms with van der Waals surface area (Å²) in [5.41, 5.74) is 2.54. The lowest BCUT2D eigenvalue weighted by molar-refractivity contribution is 0.652. The number of unbranched alkanes of at least 4 members (excludes halogenated alkanes) is 1. The van der Waals surface area contributed by atoms with Crippen LogP contribution in [0.15, 0.2) is 35.3 Å². The van der Waals surface area contributed by atoms with E-state index < -0.39 is 0 Å². The van der Waals surface area contributed by atoms with Crippen LogP contribution in [-0.2, 0) is 0 Å². The second kappa shape index (κ2) is 7.59. The Labute approximate surface area is 119 Å². The smallest absolute Gasteiger partial charge is 0.0508 e. The predicted molar refractivity (Wildman–Crippen MR) is 84.3 cm³/mol. The first-order valence-corrected chi connectivity index (χ1v) is 7.18. The third-order valence-electron chi connectivity index (χ3n) is 3.22. The number of nitrogens with one attached hydrogen (secondary N) is 1. The summed E-state index contributed by atoms with van der Waals surface area (Å²) >= 11 is 3.66. The molecule has 0 aliphatic carbocycles. The number of hydrogen-bond acceptors (Lipinski definition) is 2. The first-order valence-electron chi connectivity index (χ1n) is 6.39. The van der Waals surface area contributed by atoms with E-state index in [2.05, 4.69) is 64.9 Å². The molecule has 1 N–H and O–H groups in total. The molecule has 1 unspecified atom stereocenters. The van der Waals surface area contributed by atoms with Crippen molar-refractivity contribution in [1.82, 2.24) is 5.32 Å². The summed E-state index contributed by atoms with van der Waals surface area (Å²) in [6.07, 6.45) is 4.18. The lowest BCUT2D eigenvalue weighted by Gasteiger charge is -2.22. The molecule has 2 nitrogen and oxygen atoms in total. The van der Waals surface area contributed by atoms with Crippen molar-refractivity contribution >= 4 is 21.6 Å². The molecule has 0 aliphatic rings. The molecule has 0 spiro atoms. The molecule has 0 bridgehead atoms. The number of rotatable bonds is 7. The van der Waals surface area contributed by atoms with Gasteiger partial charge in [-0.2, -0.15) is 0 Å². The lowest BCUT2D eigenvalue weighted by Crippen LogP contribution is -2.19. The van der Waals surface area contributed by atoms with Crippen LogP contribution < -0.4 is 10.2 Å². The monoisotopic (exact) mass is 310 g/mol. The summed E-state index contributed by atoms with van der Waals surface area (Å²) in [4.78, 5) is 2.28. The number of halogens is 1. The highest BCUT2D eigenvalue weighted by atomic mass is 79.9. The lowest BCUT2D eigenvalue weighted by atomic mass is 10.1. The number of hydrogen-bond donors (Lipinski definition) is 1. The van der Waals surface area contributed by atoms with Gasteiger partial charge < -0.3 is 10.2 Å². The van der Waals surface area contributed by atoms with Gasteiger partial charge in [0, 0.05) is 24.1 Å². The molecule has 0 saturated carbocycles. The van der Waals surface area contributed by atoms with Gasteiger partial charge in [0.2, 0.25) is 0 Å². The van der Waals surface area contributed by atoms with Crippen molar-refractivity contribution in [3.8, 4) is 0 Å². The van der Waals surface area contributed by atoms with Gasteiger partial charge in [-0.15, -0.1) is 6.58 Å². The molecule has 0 fully saturated rings. The molecular weight excluding hydrogens is 288 g/mol. The molecule has 18 heavy (non-hydrogen) atoms. The molecule has 3 heteroatoms. The Morgan fingerprint density at radius 1 is 1.50 bits per heavy atom. The minimum atomic E-state index is 0.376. The van der Waals surface area contributed by atoms with Crippen molar-refractivity contribution in [2.45, 2.75) is 25.8 Å².